The first kappa shape index (κ1) is 8.73. The molecule has 1 aliphatic heterocycles. The number of fused-ring (bicyclic) bond motifs is 1. The maximum absolute atomic E-state index is 5.99. The summed E-state index contributed by atoms with van der Waals surface area (Å²) in [6.45, 7) is 5.62. The first-order chi connectivity index (χ1) is 6.20. The van der Waals surface area contributed by atoms with Crippen molar-refractivity contribution in [3.05, 3.63) is 34.4 Å². The highest BCUT2D eigenvalue weighted by molar-refractivity contribution is 5.42. The molecule has 2 N–H and O–H groups in total. The summed E-state index contributed by atoms with van der Waals surface area (Å²) in [4.78, 5) is 0. The van der Waals surface area contributed by atoms with Gasteiger partial charge >= 0.3 is 0 Å². The molecule has 0 fully saturated rings. The molecule has 0 saturated heterocycles. The normalized spacial score (nSPS) is 21.3. The highest BCUT2D eigenvalue weighted by Gasteiger charge is 2.19. The lowest BCUT2D eigenvalue weighted by molar-refractivity contribution is 0.0921. The van der Waals surface area contributed by atoms with Gasteiger partial charge in [-0.15, -0.1) is 0 Å². The molecule has 1 unspecified atom stereocenters. The second-order valence-electron chi connectivity index (χ2n) is 3.70. The molecule has 1 heterocycles. The molecule has 0 spiro atoms. The van der Waals surface area contributed by atoms with Gasteiger partial charge in [0.25, 0.3) is 0 Å². The van der Waals surface area contributed by atoms with Crippen LogP contribution in [0.3, 0.4) is 0 Å². The number of rotatable bonds is 0. The largest absolute Gasteiger partial charge is 0.375 e. The van der Waals surface area contributed by atoms with Crippen LogP contribution >= 0.6 is 0 Å². The Labute approximate surface area is 78.7 Å². The average molecular weight is 177 g/mol. The van der Waals surface area contributed by atoms with Crippen LogP contribution in [-0.4, -0.2) is 6.61 Å². The Bertz CT molecular complexity index is 333. The van der Waals surface area contributed by atoms with Gasteiger partial charge in [0.2, 0.25) is 0 Å². The van der Waals surface area contributed by atoms with Crippen molar-refractivity contribution in [2.75, 3.05) is 6.61 Å². The summed E-state index contributed by atoms with van der Waals surface area (Å²) in [6, 6.07) is 4.32. The lowest BCUT2D eigenvalue weighted by atomic mass is 9.92. The Morgan fingerprint density at radius 3 is 2.92 bits per heavy atom. The van der Waals surface area contributed by atoms with E-state index in [0.29, 0.717) is 13.2 Å². The molecule has 0 saturated carbocycles. The molecule has 0 radical (unpaired) electrons. The summed E-state index contributed by atoms with van der Waals surface area (Å²) in [7, 11) is 0. The summed E-state index contributed by atoms with van der Waals surface area (Å²) < 4.78 is 5.38. The summed E-state index contributed by atoms with van der Waals surface area (Å²) in [5, 5.41) is 0. The van der Waals surface area contributed by atoms with Gasteiger partial charge in [0.05, 0.1) is 19.3 Å². The second-order valence-corrected chi connectivity index (χ2v) is 3.70. The van der Waals surface area contributed by atoms with Gasteiger partial charge in [-0.05, 0) is 36.1 Å². The third kappa shape index (κ3) is 1.36. The first-order valence-corrected chi connectivity index (χ1v) is 4.62. The van der Waals surface area contributed by atoms with Crippen molar-refractivity contribution in [1.29, 1.82) is 0 Å². The Morgan fingerprint density at radius 1 is 1.38 bits per heavy atom. The molecule has 0 aromatic heterocycles. The van der Waals surface area contributed by atoms with Gasteiger partial charge in [-0.2, -0.15) is 0 Å². The van der Waals surface area contributed by atoms with Crippen LogP contribution in [0.5, 0.6) is 0 Å². The van der Waals surface area contributed by atoms with Gasteiger partial charge in [-0.25, -0.2) is 0 Å². The molecule has 0 amide bonds. The first-order valence-electron chi connectivity index (χ1n) is 4.62. The standard InChI is InChI=1S/C11H15NO/c1-7-3-4-9-5-13-6-10(12)11(9)8(7)2/h3-4,10H,5-6,12H2,1-2H3. The van der Waals surface area contributed by atoms with Crippen molar-refractivity contribution in [2.45, 2.75) is 26.5 Å². The van der Waals surface area contributed by atoms with E-state index in [2.05, 4.69) is 26.0 Å². The van der Waals surface area contributed by atoms with E-state index in [1.54, 1.807) is 0 Å². The SMILES string of the molecule is Cc1ccc2c(c1C)C(N)COC2. The summed E-state index contributed by atoms with van der Waals surface area (Å²) in [5.74, 6) is 0. The lowest BCUT2D eigenvalue weighted by Gasteiger charge is -2.25. The predicted octanol–water partition coefficient (Wildman–Crippen LogP) is 1.83. The van der Waals surface area contributed by atoms with Gasteiger partial charge < -0.3 is 10.5 Å². The molecule has 0 bridgehead atoms. The van der Waals surface area contributed by atoms with E-state index < -0.39 is 0 Å². The molecule has 13 heavy (non-hydrogen) atoms. The maximum Gasteiger partial charge on any atom is 0.0721 e. The highest BCUT2D eigenvalue weighted by Crippen LogP contribution is 2.27. The zero-order valence-electron chi connectivity index (χ0n) is 8.13. The van der Waals surface area contributed by atoms with Crippen molar-refractivity contribution in [3.63, 3.8) is 0 Å². The van der Waals surface area contributed by atoms with E-state index in [0.717, 1.165) is 0 Å². The predicted molar refractivity (Wildman–Crippen MR) is 52.5 cm³/mol. The van der Waals surface area contributed by atoms with E-state index in [9.17, 15) is 0 Å². The average Bonchev–Trinajstić information content (AvgIpc) is 2.12. The fraction of sp³-hybridized carbons (Fsp3) is 0.455. The quantitative estimate of drug-likeness (QED) is 0.656. The van der Waals surface area contributed by atoms with Crippen LogP contribution in [-0.2, 0) is 11.3 Å². The summed E-state index contributed by atoms with van der Waals surface area (Å²) in [5.41, 5.74) is 11.2. The van der Waals surface area contributed by atoms with Crippen molar-refractivity contribution in [3.8, 4) is 0 Å². The summed E-state index contributed by atoms with van der Waals surface area (Å²) in [6.07, 6.45) is 0. The topological polar surface area (TPSA) is 35.2 Å². The third-order valence-electron chi connectivity index (χ3n) is 2.80. The third-order valence-corrected chi connectivity index (χ3v) is 2.80. The fourth-order valence-corrected chi connectivity index (χ4v) is 1.91. The Morgan fingerprint density at radius 2 is 2.15 bits per heavy atom. The molecule has 1 aromatic rings. The van der Waals surface area contributed by atoms with E-state index >= 15 is 0 Å². The zero-order valence-corrected chi connectivity index (χ0v) is 8.13. The molecule has 1 aliphatic rings. The van der Waals surface area contributed by atoms with Crippen LogP contribution in [0.25, 0.3) is 0 Å². The molecular formula is C11H15NO. The van der Waals surface area contributed by atoms with Crippen LogP contribution < -0.4 is 5.73 Å². The minimum absolute atomic E-state index is 0.0589. The Kier molecular flexibility index (Phi) is 2.10. The van der Waals surface area contributed by atoms with Crippen LogP contribution in [0.15, 0.2) is 12.1 Å². The van der Waals surface area contributed by atoms with Crippen molar-refractivity contribution in [2.24, 2.45) is 5.73 Å². The van der Waals surface area contributed by atoms with Gasteiger partial charge in [-0.1, -0.05) is 12.1 Å². The second kappa shape index (κ2) is 3.13. The van der Waals surface area contributed by atoms with Crippen LogP contribution in [0.4, 0.5) is 0 Å². The van der Waals surface area contributed by atoms with E-state index in [1.165, 1.54) is 22.3 Å². The summed E-state index contributed by atoms with van der Waals surface area (Å²) >= 11 is 0. The minimum atomic E-state index is 0.0589. The van der Waals surface area contributed by atoms with Crippen LogP contribution in [0, 0.1) is 13.8 Å². The van der Waals surface area contributed by atoms with Crippen molar-refractivity contribution >= 4 is 0 Å². The lowest BCUT2D eigenvalue weighted by Crippen LogP contribution is -2.24. The molecule has 2 heteroatoms. The Balaban J connectivity index is 2.58. The van der Waals surface area contributed by atoms with Crippen LogP contribution in [0.1, 0.15) is 28.3 Å². The minimum Gasteiger partial charge on any atom is -0.375 e. The van der Waals surface area contributed by atoms with E-state index in [-0.39, 0.29) is 6.04 Å². The molecule has 0 aliphatic carbocycles. The smallest absolute Gasteiger partial charge is 0.0721 e. The molecular weight excluding hydrogens is 162 g/mol. The van der Waals surface area contributed by atoms with Gasteiger partial charge in [0, 0.05) is 0 Å². The van der Waals surface area contributed by atoms with Gasteiger partial charge in [0.1, 0.15) is 0 Å². The number of hydrogen-bond acceptors (Lipinski definition) is 2. The highest BCUT2D eigenvalue weighted by atomic mass is 16.5. The molecule has 1 atom stereocenters. The van der Waals surface area contributed by atoms with Crippen molar-refractivity contribution < 1.29 is 4.74 Å². The molecule has 2 nitrogen and oxygen atoms in total. The number of benzene rings is 1. The molecule has 1 aromatic carbocycles. The monoisotopic (exact) mass is 177 g/mol. The number of ether oxygens (including phenoxy) is 1. The van der Waals surface area contributed by atoms with Gasteiger partial charge in [0.15, 0.2) is 0 Å². The fourth-order valence-electron chi connectivity index (χ4n) is 1.91. The maximum atomic E-state index is 5.99. The Hall–Kier alpha value is -0.860. The molecule has 70 valence electrons. The number of nitrogens with two attached hydrogens (primary N) is 1. The zero-order chi connectivity index (χ0) is 9.42. The van der Waals surface area contributed by atoms with E-state index in [1.807, 2.05) is 0 Å². The van der Waals surface area contributed by atoms with Crippen LogP contribution in [0.2, 0.25) is 0 Å². The van der Waals surface area contributed by atoms with Crippen molar-refractivity contribution in [1.82, 2.24) is 0 Å². The number of hydrogen-bond donors (Lipinski definition) is 1. The van der Waals surface area contributed by atoms with Gasteiger partial charge in [-0.3, -0.25) is 0 Å². The number of aryl methyl sites for hydroxylation is 1. The van der Waals surface area contributed by atoms with E-state index in [4.69, 9.17) is 10.5 Å². The molecule has 2 rings (SSSR count).